The molecule has 0 aliphatic heterocycles. The number of nitrogens with zero attached hydrogens (tertiary/aromatic N) is 1. The van der Waals surface area contributed by atoms with E-state index in [1.165, 1.54) is 0 Å². The van der Waals surface area contributed by atoms with Crippen LogP contribution < -0.4 is 14.9 Å². The molecule has 9 heteroatoms. The van der Waals surface area contributed by atoms with Gasteiger partial charge in [-0.3, -0.25) is 13.9 Å². The first-order chi connectivity index (χ1) is 14.0. The van der Waals surface area contributed by atoms with E-state index in [0.29, 0.717) is 16.9 Å². The van der Waals surface area contributed by atoms with Crippen LogP contribution in [0.5, 0.6) is 0 Å². The van der Waals surface area contributed by atoms with Crippen molar-refractivity contribution in [3.63, 3.8) is 0 Å². The molecule has 0 fully saturated rings. The largest absolute Gasteiger partial charge is 0.350 e. The Kier molecular flexibility index (Phi) is 8.03. The van der Waals surface area contributed by atoms with Crippen molar-refractivity contribution in [2.24, 2.45) is 0 Å². The highest BCUT2D eigenvalue weighted by Crippen LogP contribution is 2.25. The normalized spacial score (nSPS) is 12.2. The number of halogens is 1. The molecule has 2 N–H and O–H groups in total. The molecule has 2 aromatic carbocycles. The van der Waals surface area contributed by atoms with Crippen LogP contribution in [0.4, 0.5) is 11.4 Å². The summed E-state index contributed by atoms with van der Waals surface area (Å²) in [5.74, 6) is -0.853. The molecular formula is C21H26BrN3O4S. The lowest BCUT2D eigenvalue weighted by Gasteiger charge is -2.23. The first-order valence-corrected chi connectivity index (χ1v) is 12.1. The summed E-state index contributed by atoms with van der Waals surface area (Å²) in [6.45, 7) is 5.27. The maximum atomic E-state index is 12.7. The van der Waals surface area contributed by atoms with Crippen LogP contribution in [0.15, 0.2) is 46.9 Å². The van der Waals surface area contributed by atoms with Gasteiger partial charge < -0.3 is 10.6 Å². The molecule has 0 heterocycles. The molecule has 7 nitrogen and oxygen atoms in total. The molecule has 0 bridgehead atoms. The van der Waals surface area contributed by atoms with Gasteiger partial charge in [-0.05, 0) is 56.2 Å². The van der Waals surface area contributed by atoms with Crippen LogP contribution >= 0.6 is 15.9 Å². The lowest BCUT2D eigenvalue weighted by molar-refractivity contribution is -0.114. The van der Waals surface area contributed by atoms with Crippen molar-refractivity contribution in [3.8, 4) is 0 Å². The summed E-state index contributed by atoms with van der Waals surface area (Å²) in [6, 6.07) is 11.6. The Morgan fingerprint density at radius 1 is 1.17 bits per heavy atom. The van der Waals surface area contributed by atoms with Crippen LogP contribution in [0.3, 0.4) is 0 Å². The second-order valence-corrected chi connectivity index (χ2v) is 9.84. The van der Waals surface area contributed by atoms with Crippen LogP contribution in [0.1, 0.15) is 36.2 Å². The van der Waals surface area contributed by atoms with Gasteiger partial charge in [0.1, 0.15) is 6.54 Å². The first-order valence-electron chi connectivity index (χ1n) is 9.46. The Bertz CT molecular complexity index is 1040. The average molecular weight is 496 g/mol. The van der Waals surface area contributed by atoms with Crippen LogP contribution in [0, 0.1) is 6.92 Å². The Morgan fingerprint density at radius 3 is 2.43 bits per heavy atom. The first kappa shape index (κ1) is 23.9. The minimum atomic E-state index is -3.70. The number of sulfonamides is 1. The third-order valence-electron chi connectivity index (χ3n) is 4.55. The standard InChI is InChI=1S/C21H26BrN3O4S/c1-5-15(3)23-21(27)17-8-6-7-9-19(17)24-20(26)13-25(30(4,28)29)16-10-11-18(22)14(2)12-16/h6-12,15H,5,13H2,1-4H3,(H,23,27)(H,24,26). The van der Waals surface area contributed by atoms with E-state index in [4.69, 9.17) is 0 Å². The topological polar surface area (TPSA) is 95.6 Å². The van der Waals surface area contributed by atoms with Gasteiger partial charge in [-0.15, -0.1) is 0 Å². The van der Waals surface area contributed by atoms with Crippen LogP contribution in [-0.4, -0.2) is 39.1 Å². The number of para-hydroxylation sites is 1. The molecule has 30 heavy (non-hydrogen) atoms. The summed E-state index contributed by atoms with van der Waals surface area (Å²) in [6.07, 6.45) is 1.82. The summed E-state index contributed by atoms with van der Waals surface area (Å²) >= 11 is 3.38. The summed E-state index contributed by atoms with van der Waals surface area (Å²) in [7, 11) is -3.70. The third kappa shape index (κ3) is 6.30. The van der Waals surface area contributed by atoms with Gasteiger partial charge in [-0.25, -0.2) is 8.42 Å². The highest BCUT2D eigenvalue weighted by molar-refractivity contribution is 9.10. The van der Waals surface area contributed by atoms with Crippen molar-refractivity contribution in [3.05, 3.63) is 58.1 Å². The Balaban J connectivity index is 2.24. The molecule has 0 aliphatic carbocycles. The van der Waals surface area contributed by atoms with E-state index >= 15 is 0 Å². The van der Waals surface area contributed by atoms with Gasteiger partial charge in [0.05, 0.1) is 23.2 Å². The fourth-order valence-corrected chi connectivity index (χ4v) is 3.79. The lowest BCUT2D eigenvalue weighted by Crippen LogP contribution is -2.38. The fraction of sp³-hybridized carbons (Fsp3) is 0.333. The second kappa shape index (κ2) is 10.1. The number of hydrogen-bond donors (Lipinski definition) is 2. The highest BCUT2D eigenvalue weighted by atomic mass is 79.9. The van der Waals surface area contributed by atoms with Gasteiger partial charge in [0.15, 0.2) is 0 Å². The number of rotatable bonds is 8. The fourth-order valence-electron chi connectivity index (χ4n) is 2.70. The second-order valence-electron chi connectivity index (χ2n) is 7.08. The summed E-state index contributed by atoms with van der Waals surface area (Å²) < 4.78 is 26.5. The number of benzene rings is 2. The SMILES string of the molecule is CCC(C)NC(=O)c1ccccc1NC(=O)CN(c1ccc(Br)c(C)c1)S(C)(=O)=O. The van der Waals surface area contributed by atoms with E-state index in [2.05, 4.69) is 26.6 Å². The quantitative estimate of drug-likeness (QED) is 0.583. The number of nitrogens with one attached hydrogen (secondary N) is 2. The van der Waals surface area contributed by atoms with Crippen LogP contribution in [-0.2, 0) is 14.8 Å². The summed E-state index contributed by atoms with van der Waals surface area (Å²) in [5.41, 5.74) is 1.87. The van der Waals surface area contributed by atoms with E-state index in [9.17, 15) is 18.0 Å². The zero-order chi connectivity index (χ0) is 22.5. The van der Waals surface area contributed by atoms with E-state index in [1.54, 1.807) is 42.5 Å². The molecule has 1 atom stereocenters. The maximum Gasteiger partial charge on any atom is 0.253 e. The molecule has 0 saturated heterocycles. The molecule has 2 amide bonds. The predicted octanol–water partition coefficient (Wildman–Crippen LogP) is 3.69. The molecular weight excluding hydrogens is 470 g/mol. The molecule has 2 rings (SSSR count). The van der Waals surface area contributed by atoms with Gasteiger partial charge in [0.25, 0.3) is 5.91 Å². The number of carbonyl (C=O) groups excluding carboxylic acids is 2. The number of carbonyl (C=O) groups is 2. The van der Waals surface area contributed by atoms with Crippen molar-refractivity contribution in [2.45, 2.75) is 33.2 Å². The van der Waals surface area contributed by atoms with Crippen LogP contribution in [0.25, 0.3) is 0 Å². The smallest absolute Gasteiger partial charge is 0.253 e. The highest BCUT2D eigenvalue weighted by Gasteiger charge is 2.22. The molecule has 1 unspecified atom stereocenters. The van der Waals surface area contributed by atoms with Crippen molar-refractivity contribution < 1.29 is 18.0 Å². The van der Waals surface area contributed by atoms with Crippen molar-refractivity contribution in [1.29, 1.82) is 0 Å². The molecule has 0 spiro atoms. The van der Waals surface area contributed by atoms with Gasteiger partial charge >= 0.3 is 0 Å². The number of amides is 2. The van der Waals surface area contributed by atoms with E-state index < -0.39 is 22.5 Å². The predicted molar refractivity (Wildman–Crippen MR) is 123 cm³/mol. The van der Waals surface area contributed by atoms with E-state index in [-0.39, 0.29) is 11.9 Å². The van der Waals surface area contributed by atoms with Gasteiger partial charge in [0.2, 0.25) is 15.9 Å². The summed E-state index contributed by atoms with van der Waals surface area (Å²) in [5, 5.41) is 5.53. The number of aryl methyl sites for hydroxylation is 1. The van der Waals surface area contributed by atoms with Gasteiger partial charge in [-0.1, -0.05) is 35.0 Å². The Morgan fingerprint density at radius 2 is 1.83 bits per heavy atom. The number of anilines is 2. The zero-order valence-electron chi connectivity index (χ0n) is 17.4. The summed E-state index contributed by atoms with van der Waals surface area (Å²) in [4.78, 5) is 25.2. The van der Waals surface area contributed by atoms with Gasteiger partial charge in [-0.2, -0.15) is 0 Å². The Labute approximate surface area is 186 Å². The number of hydrogen-bond acceptors (Lipinski definition) is 4. The van der Waals surface area contributed by atoms with E-state index in [0.717, 1.165) is 27.0 Å². The minimum Gasteiger partial charge on any atom is -0.350 e. The molecule has 2 aromatic rings. The lowest BCUT2D eigenvalue weighted by atomic mass is 10.1. The van der Waals surface area contributed by atoms with Crippen LogP contribution in [0.2, 0.25) is 0 Å². The average Bonchev–Trinajstić information content (AvgIpc) is 2.67. The van der Waals surface area contributed by atoms with Crippen molar-refractivity contribution in [1.82, 2.24) is 5.32 Å². The maximum absolute atomic E-state index is 12.7. The molecule has 0 aliphatic rings. The minimum absolute atomic E-state index is 0.0115. The molecule has 162 valence electrons. The van der Waals surface area contributed by atoms with Crippen molar-refractivity contribution in [2.75, 3.05) is 22.4 Å². The van der Waals surface area contributed by atoms with Gasteiger partial charge in [0, 0.05) is 10.5 Å². The van der Waals surface area contributed by atoms with Crippen molar-refractivity contribution >= 4 is 49.1 Å². The third-order valence-corrected chi connectivity index (χ3v) is 6.58. The molecule has 0 radical (unpaired) electrons. The zero-order valence-corrected chi connectivity index (χ0v) is 19.8. The Hall–Kier alpha value is -2.39. The molecule has 0 aromatic heterocycles. The monoisotopic (exact) mass is 495 g/mol. The molecule has 0 saturated carbocycles. The van der Waals surface area contributed by atoms with E-state index in [1.807, 2.05) is 20.8 Å².